The monoisotopic (exact) mass is 244 g/mol. The number of carbonyl (C=O) groups excluding carboxylic acids is 1. The standard InChI is InChI=1S/C13H12N2O3/c14-13(16)11-5-12(18-7-8-6-17-8)9-3-1-2-4-10(9)15-11/h1-5,8H,6-7H2,(H2,14,16). The molecule has 0 aliphatic carbocycles. The topological polar surface area (TPSA) is 77.7 Å². The lowest BCUT2D eigenvalue weighted by Gasteiger charge is -2.09. The third-order valence-corrected chi connectivity index (χ3v) is 2.76. The molecule has 92 valence electrons. The summed E-state index contributed by atoms with van der Waals surface area (Å²) in [4.78, 5) is 15.4. The van der Waals surface area contributed by atoms with Crippen LogP contribution in [0.25, 0.3) is 10.9 Å². The van der Waals surface area contributed by atoms with E-state index in [1.165, 1.54) is 0 Å². The highest BCUT2D eigenvalue weighted by molar-refractivity contribution is 5.96. The normalized spacial score (nSPS) is 17.7. The Morgan fingerprint density at radius 2 is 2.28 bits per heavy atom. The number of fused-ring (bicyclic) bond motifs is 1. The zero-order valence-corrected chi connectivity index (χ0v) is 9.63. The molecule has 3 rings (SSSR count). The van der Waals surface area contributed by atoms with Gasteiger partial charge in [-0.2, -0.15) is 0 Å². The molecular formula is C13H12N2O3. The molecule has 1 aromatic carbocycles. The van der Waals surface area contributed by atoms with E-state index in [4.69, 9.17) is 15.2 Å². The Morgan fingerprint density at radius 1 is 1.50 bits per heavy atom. The first-order valence-corrected chi connectivity index (χ1v) is 5.68. The van der Waals surface area contributed by atoms with Gasteiger partial charge in [0.2, 0.25) is 0 Å². The first-order valence-electron chi connectivity index (χ1n) is 5.68. The van der Waals surface area contributed by atoms with Gasteiger partial charge < -0.3 is 15.2 Å². The molecule has 1 saturated heterocycles. The maximum atomic E-state index is 11.2. The average Bonchev–Trinajstić information content (AvgIpc) is 3.19. The van der Waals surface area contributed by atoms with Gasteiger partial charge in [0.05, 0.1) is 12.1 Å². The zero-order chi connectivity index (χ0) is 12.5. The first-order chi connectivity index (χ1) is 8.74. The minimum atomic E-state index is -0.562. The Balaban J connectivity index is 2.03. The lowest BCUT2D eigenvalue weighted by atomic mass is 10.2. The van der Waals surface area contributed by atoms with E-state index < -0.39 is 5.91 Å². The largest absolute Gasteiger partial charge is 0.490 e. The highest BCUT2D eigenvalue weighted by Crippen LogP contribution is 2.26. The van der Waals surface area contributed by atoms with Gasteiger partial charge in [0.25, 0.3) is 5.91 Å². The Kier molecular flexibility index (Phi) is 2.60. The van der Waals surface area contributed by atoms with E-state index >= 15 is 0 Å². The first kappa shape index (κ1) is 11.0. The van der Waals surface area contributed by atoms with Crippen LogP contribution in [0.2, 0.25) is 0 Å². The molecule has 1 aromatic heterocycles. The number of aromatic nitrogens is 1. The number of ether oxygens (including phenoxy) is 2. The number of nitrogens with zero attached hydrogens (tertiary/aromatic N) is 1. The molecule has 1 aliphatic rings. The fourth-order valence-electron chi connectivity index (χ4n) is 1.74. The summed E-state index contributed by atoms with van der Waals surface area (Å²) in [5.41, 5.74) is 6.16. The van der Waals surface area contributed by atoms with Crippen LogP contribution >= 0.6 is 0 Å². The SMILES string of the molecule is NC(=O)c1cc(OCC2CO2)c2ccccc2n1. The van der Waals surface area contributed by atoms with Gasteiger partial charge in [0.15, 0.2) is 0 Å². The predicted octanol–water partition coefficient (Wildman–Crippen LogP) is 1.11. The Labute approximate surface area is 104 Å². The number of hydrogen-bond donors (Lipinski definition) is 1. The highest BCUT2D eigenvalue weighted by atomic mass is 16.6. The van der Waals surface area contributed by atoms with Crippen LogP contribution in [0, 0.1) is 0 Å². The third-order valence-electron chi connectivity index (χ3n) is 2.76. The quantitative estimate of drug-likeness (QED) is 0.817. The summed E-state index contributed by atoms with van der Waals surface area (Å²) in [5.74, 6) is 0.0539. The van der Waals surface area contributed by atoms with Crippen molar-refractivity contribution in [1.29, 1.82) is 0 Å². The van der Waals surface area contributed by atoms with Gasteiger partial charge in [-0.15, -0.1) is 0 Å². The Hall–Kier alpha value is -2.14. The second-order valence-electron chi connectivity index (χ2n) is 4.15. The zero-order valence-electron chi connectivity index (χ0n) is 9.63. The molecule has 0 saturated carbocycles. The van der Waals surface area contributed by atoms with Crippen molar-refractivity contribution in [2.24, 2.45) is 5.73 Å². The van der Waals surface area contributed by atoms with Crippen molar-refractivity contribution in [2.75, 3.05) is 13.2 Å². The minimum absolute atomic E-state index is 0.161. The van der Waals surface area contributed by atoms with Crippen LogP contribution in [0.5, 0.6) is 5.75 Å². The second-order valence-corrected chi connectivity index (χ2v) is 4.15. The summed E-state index contributed by atoms with van der Waals surface area (Å²) in [6.07, 6.45) is 0.161. The summed E-state index contributed by atoms with van der Waals surface area (Å²) in [6.45, 7) is 1.21. The maximum absolute atomic E-state index is 11.2. The molecule has 2 heterocycles. The molecule has 1 aliphatic heterocycles. The van der Waals surface area contributed by atoms with Gasteiger partial charge in [-0.05, 0) is 12.1 Å². The van der Waals surface area contributed by atoms with Crippen LogP contribution in [0.1, 0.15) is 10.5 Å². The third kappa shape index (κ3) is 2.12. The molecule has 2 aromatic rings. The van der Waals surface area contributed by atoms with Crippen molar-refractivity contribution < 1.29 is 14.3 Å². The maximum Gasteiger partial charge on any atom is 0.267 e. The average molecular weight is 244 g/mol. The fraction of sp³-hybridized carbons (Fsp3) is 0.231. The van der Waals surface area contributed by atoms with E-state index in [-0.39, 0.29) is 11.8 Å². The van der Waals surface area contributed by atoms with Crippen molar-refractivity contribution in [3.8, 4) is 5.75 Å². The molecule has 18 heavy (non-hydrogen) atoms. The number of nitrogens with two attached hydrogens (primary N) is 1. The summed E-state index contributed by atoms with van der Waals surface area (Å²) >= 11 is 0. The Bertz CT molecular complexity index is 608. The van der Waals surface area contributed by atoms with E-state index in [2.05, 4.69) is 4.98 Å². The van der Waals surface area contributed by atoms with E-state index in [0.717, 1.165) is 12.0 Å². The van der Waals surface area contributed by atoms with E-state index in [0.29, 0.717) is 17.9 Å². The second kappa shape index (κ2) is 4.27. The van der Waals surface area contributed by atoms with E-state index in [9.17, 15) is 4.79 Å². The molecular weight excluding hydrogens is 232 g/mol. The van der Waals surface area contributed by atoms with Crippen LogP contribution in [0.4, 0.5) is 0 Å². The van der Waals surface area contributed by atoms with Crippen LogP contribution in [0.3, 0.4) is 0 Å². The number of pyridine rings is 1. The smallest absolute Gasteiger partial charge is 0.267 e. The number of carbonyl (C=O) groups is 1. The number of hydrogen-bond acceptors (Lipinski definition) is 4. The van der Waals surface area contributed by atoms with Crippen molar-refractivity contribution >= 4 is 16.8 Å². The molecule has 0 bridgehead atoms. The molecule has 2 N–H and O–H groups in total. The highest BCUT2D eigenvalue weighted by Gasteiger charge is 2.23. The Morgan fingerprint density at radius 3 is 3.00 bits per heavy atom. The summed E-state index contributed by atoms with van der Waals surface area (Å²) in [7, 11) is 0. The van der Waals surface area contributed by atoms with Gasteiger partial charge in [-0.3, -0.25) is 4.79 Å². The van der Waals surface area contributed by atoms with Crippen molar-refractivity contribution in [3.63, 3.8) is 0 Å². The molecule has 5 nitrogen and oxygen atoms in total. The lowest BCUT2D eigenvalue weighted by Crippen LogP contribution is -2.14. The molecule has 1 unspecified atom stereocenters. The molecule has 0 spiro atoms. The number of amides is 1. The number of rotatable bonds is 4. The predicted molar refractivity (Wildman–Crippen MR) is 65.5 cm³/mol. The van der Waals surface area contributed by atoms with Gasteiger partial charge in [0.1, 0.15) is 24.2 Å². The number of para-hydroxylation sites is 1. The lowest BCUT2D eigenvalue weighted by molar-refractivity contribution is 0.0995. The minimum Gasteiger partial charge on any atom is -0.490 e. The number of epoxide rings is 1. The number of primary amides is 1. The fourth-order valence-corrected chi connectivity index (χ4v) is 1.74. The summed E-state index contributed by atoms with van der Waals surface area (Å²) in [5, 5.41) is 0.864. The van der Waals surface area contributed by atoms with E-state index in [1.54, 1.807) is 6.07 Å². The number of benzene rings is 1. The van der Waals surface area contributed by atoms with Crippen LogP contribution in [-0.2, 0) is 4.74 Å². The van der Waals surface area contributed by atoms with E-state index in [1.807, 2.05) is 24.3 Å². The molecule has 1 amide bonds. The van der Waals surface area contributed by atoms with Gasteiger partial charge >= 0.3 is 0 Å². The molecule has 1 atom stereocenters. The van der Waals surface area contributed by atoms with Crippen LogP contribution in [-0.4, -0.2) is 30.2 Å². The van der Waals surface area contributed by atoms with Crippen LogP contribution in [0.15, 0.2) is 30.3 Å². The van der Waals surface area contributed by atoms with Crippen molar-refractivity contribution in [1.82, 2.24) is 4.98 Å². The van der Waals surface area contributed by atoms with Gasteiger partial charge in [-0.25, -0.2) is 4.98 Å². The van der Waals surface area contributed by atoms with Crippen LogP contribution < -0.4 is 10.5 Å². The molecule has 5 heteroatoms. The summed E-state index contributed by atoms with van der Waals surface area (Å²) < 4.78 is 10.7. The molecule has 0 radical (unpaired) electrons. The van der Waals surface area contributed by atoms with Gasteiger partial charge in [-0.1, -0.05) is 12.1 Å². The summed E-state index contributed by atoms with van der Waals surface area (Å²) in [6, 6.07) is 9.05. The van der Waals surface area contributed by atoms with Gasteiger partial charge in [0, 0.05) is 11.5 Å². The molecule has 1 fully saturated rings. The van der Waals surface area contributed by atoms with Crippen molar-refractivity contribution in [3.05, 3.63) is 36.0 Å². The van der Waals surface area contributed by atoms with Crippen molar-refractivity contribution in [2.45, 2.75) is 6.10 Å².